The van der Waals surface area contributed by atoms with Crippen molar-refractivity contribution in [2.75, 3.05) is 18.0 Å². The Morgan fingerprint density at radius 1 is 0.913 bits per heavy atom. The zero-order chi connectivity index (χ0) is 32.8. The number of rotatable bonds is 11. The molecule has 0 unspecified atom stereocenters. The minimum absolute atomic E-state index is 0.0203. The number of hydrogen-bond acceptors (Lipinski definition) is 7. The van der Waals surface area contributed by atoms with E-state index >= 15 is 0 Å². The fraction of sp³-hybridized carbons (Fsp3) is 0.378. The van der Waals surface area contributed by atoms with E-state index in [9.17, 15) is 19.5 Å². The average Bonchev–Trinajstić information content (AvgIpc) is 3.57. The number of anilines is 1. The summed E-state index contributed by atoms with van der Waals surface area (Å²) in [5.74, 6) is -1.85. The maximum Gasteiger partial charge on any atom is 0.325 e. The van der Waals surface area contributed by atoms with Crippen LogP contribution in [-0.4, -0.2) is 51.9 Å². The van der Waals surface area contributed by atoms with Gasteiger partial charge in [-0.1, -0.05) is 57.2 Å². The van der Waals surface area contributed by atoms with Crippen molar-refractivity contribution in [3.63, 3.8) is 0 Å². The molecule has 240 valence electrons. The van der Waals surface area contributed by atoms with Crippen LogP contribution >= 0.6 is 11.3 Å². The third-order valence-electron chi connectivity index (χ3n) is 8.40. The molecule has 2 atom stereocenters. The Morgan fingerprint density at radius 3 is 2.24 bits per heavy atom. The summed E-state index contributed by atoms with van der Waals surface area (Å²) in [6.45, 7) is 9.87. The number of nitrogens with zero attached hydrogens (tertiary/aromatic N) is 3. The van der Waals surface area contributed by atoms with Crippen molar-refractivity contribution >= 4 is 34.7 Å². The first-order chi connectivity index (χ1) is 22.0. The highest BCUT2D eigenvalue weighted by Gasteiger charge is 2.27. The normalized spacial score (nSPS) is 14.8. The number of thiophene rings is 1. The van der Waals surface area contributed by atoms with E-state index in [1.54, 1.807) is 0 Å². The summed E-state index contributed by atoms with van der Waals surface area (Å²) in [7, 11) is 0. The molecule has 0 radical (unpaired) electrons. The highest BCUT2D eigenvalue weighted by atomic mass is 32.1. The maximum absolute atomic E-state index is 13.3. The van der Waals surface area contributed by atoms with E-state index in [0.717, 1.165) is 40.2 Å². The molecule has 5 rings (SSSR count). The van der Waals surface area contributed by atoms with Gasteiger partial charge in [0.1, 0.15) is 6.04 Å². The standard InChI is InChI=1S/C37H42N4O4S/c1-24(36(44)45)40-35(43)28(21-31(42)32-15-16-33(46-32)37(2,3)4)19-25-11-13-26(14-12-25)34-38-22-29(23-39-34)27-9-8-10-30(20-27)41-17-6-5-7-18-41/h8-16,20,22-24,28H,5-7,17-19,21H2,1-4H3,(H,40,43)(H,44,45)/t24-,28-/m1/s1. The summed E-state index contributed by atoms with van der Waals surface area (Å²) in [6, 6.07) is 18.9. The van der Waals surface area contributed by atoms with Crippen molar-refractivity contribution in [3.05, 3.63) is 88.4 Å². The molecule has 9 heteroatoms. The van der Waals surface area contributed by atoms with Gasteiger partial charge in [0.15, 0.2) is 11.6 Å². The molecule has 0 aliphatic carbocycles. The third-order valence-corrected chi connectivity index (χ3v) is 9.95. The number of aromatic nitrogens is 2. The van der Waals surface area contributed by atoms with E-state index in [0.29, 0.717) is 10.7 Å². The van der Waals surface area contributed by atoms with E-state index in [4.69, 9.17) is 0 Å². The van der Waals surface area contributed by atoms with Crippen molar-refractivity contribution in [1.82, 2.24) is 15.3 Å². The lowest BCUT2D eigenvalue weighted by Crippen LogP contribution is -2.42. The fourth-order valence-electron chi connectivity index (χ4n) is 5.60. The van der Waals surface area contributed by atoms with Crippen LogP contribution in [0.4, 0.5) is 5.69 Å². The number of amides is 1. The van der Waals surface area contributed by atoms with Crippen LogP contribution in [0.15, 0.2) is 73.1 Å². The summed E-state index contributed by atoms with van der Waals surface area (Å²) < 4.78 is 0. The van der Waals surface area contributed by atoms with Gasteiger partial charge in [0.25, 0.3) is 0 Å². The molecule has 1 saturated heterocycles. The SMILES string of the molecule is C[C@@H](NC(=O)[C@@H](CC(=O)c1ccc(C(C)(C)C)s1)Cc1ccc(-c2ncc(-c3cccc(N4CCCCC4)c3)cn2)cc1)C(=O)O. The first-order valence-electron chi connectivity index (χ1n) is 15.9. The highest BCUT2D eigenvalue weighted by Crippen LogP contribution is 2.31. The molecule has 1 aliphatic rings. The molecule has 8 nitrogen and oxygen atoms in total. The molecule has 1 fully saturated rings. The van der Waals surface area contributed by atoms with Crippen molar-refractivity contribution in [2.45, 2.75) is 71.3 Å². The molecule has 1 amide bonds. The maximum atomic E-state index is 13.3. The van der Waals surface area contributed by atoms with Gasteiger partial charge < -0.3 is 15.3 Å². The van der Waals surface area contributed by atoms with Gasteiger partial charge >= 0.3 is 5.97 Å². The van der Waals surface area contributed by atoms with Gasteiger partial charge in [-0.15, -0.1) is 11.3 Å². The lowest BCUT2D eigenvalue weighted by atomic mass is 9.92. The minimum Gasteiger partial charge on any atom is -0.480 e. The predicted molar refractivity (Wildman–Crippen MR) is 183 cm³/mol. The minimum atomic E-state index is -1.13. The molecule has 1 aliphatic heterocycles. The van der Waals surface area contributed by atoms with E-state index < -0.39 is 23.8 Å². The van der Waals surface area contributed by atoms with Gasteiger partial charge in [-0.05, 0) is 73.4 Å². The Labute approximate surface area is 274 Å². The highest BCUT2D eigenvalue weighted by molar-refractivity contribution is 7.14. The lowest BCUT2D eigenvalue weighted by Gasteiger charge is -2.29. The summed E-state index contributed by atoms with van der Waals surface area (Å²) >= 11 is 1.44. The van der Waals surface area contributed by atoms with Crippen molar-refractivity contribution in [3.8, 4) is 22.5 Å². The van der Waals surface area contributed by atoms with Crippen LogP contribution < -0.4 is 10.2 Å². The second-order valence-corrected chi connectivity index (χ2v) is 14.2. The molecule has 46 heavy (non-hydrogen) atoms. The van der Waals surface area contributed by atoms with Crippen LogP contribution in [0.2, 0.25) is 0 Å². The number of Topliss-reactive ketones (excluding diaryl/α,β-unsaturated/α-hetero) is 1. The molecule has 4 aromatic rings. The number of nitrogens with one attached hydrogen (secondary N) is 1. The second-order valence-electron chi connectivity index (χ2n) is 13.1. The van der Waals surface area contributed by atoms with Crippen LogP contribution in [0.5, 0.6) is 0 Å². The topological polar surface area (TPSA) is 112 Å². The van der Waals surface area contributed by atoms with Crippen LogP contribution in [-0.2, 0) is 21.4 Å². The number of aliphatic carboxylic acids is 1. The van der Waals surface area contributed by atoms with E-state index in [1.807, 2.05) is 48.8 Å². The number of carboxylic acid groups (broad SMARTS) is 1. The Bertz CT molecular complexity index is 1670. The molecule has 0 spiro atoms. The fourth-order valence-corrected chi connectivity index (χ4v) is 6.61. The number of piperidine rings is 1. The van der Waals surface area contributed by atoms with Crippen molar-refractivity contribution in [1.29, 1.82) is 0 Å². The van der Waals surface area contributed by atoms with Crippen molar-refractivity contribution < 1.29 is 19.5 Å². The number of benzene rings is 2. The van der Waals surface area contributed by atoms with Crippen LogP contribution in [0, 0.1) is 5.92 Å². The zero-order valence-electron chi connectivity index (χ0n) is 27.0. The van der Waals surface area contributed by atoms with Gasteiger partial charge in [0.2, 0.25) is 5.91 Å². The summed E-state index contributed by atoms with van der Waals surface area (Å²) in [4.78, 5) is 51.3. The third kappa shape index (κ3) is 8.26. The number of carbonyl (C=O) groups is 3. The van der Waals surface area contributed by atoms with Crippen molar-refractivity contribution in [2.24, 2.45) is 5.92 Å². The van der Waals surface area contributed by atoms with Gasteiger partial charge in [0, 0.05) is 59.5 Å². The first-order valence-corrected chi connectivity index (χ1v) is 16.7. The smallest absolute Gasteiger partial charge is 0.325 e. The molecule has 3 heterocycles. The van der Waals surface area contributed by atoms with Gasteiger partial charge in [-0.2, -0.15) is 0 Å². The summed E-state index contributed by atoms with van der Waals surface area (Å²) in [6.07, 6.45) is 7.70. The van der Waals surface area contributed by atoms with Gasteiger partial charge in [0.05, 0.1) is 4.88 Å². The summed E-state index contributed by atoms with van der Waals surface area (Å²) in [5.41, 5.74) is 4.87. The number of carbonyl (C=O) groups excluding carboxylic acids is 2. The van der Waals surface area contributed by atoms with E-state index in [1.165, 1.54) is 43.2 Å². The Morgan fingerprint density at radius 2 is 1.61 bits per heavy atom. The van der Waals surface area contributed by atoms with Crippen LogP contribution in [0.1, 0.15) is 73.5 Å². The van der Waals surface area contributed by atoms with Crippen LogP contribution in [0.3, 0.4) is 0 Å². The molecular formula is C37H42N4O4S. The Hall–Kier alpha value is -4.37. The van der Waals surface area contributed by atoms with E-state index in [-0.39, 0.29) is 24.0 Å². The molecule has 2 N–H and O–H groups in total. The van der Waals surface area contributed by atoms with Gasteiger partial charge in [-0.3, -0.25) is 14.4 Å². The largest absolute Gasteiger partial charge is 0.480 e. The summed E-state index contributed by atoms with van der Waals surface area (Å²) in [5, 5.41) is 11.9. The van der Waals surface area contributed by atoms with Crippen LogP contribution in [0.25, 0.3) is 22.5 Å². The Kier molecular flexibility index (Phi) is 10.3. The monoisotopic (exact) mass is 638 g/mol. The second kappa shape index (κ2) is 14.4. The van der Waals surface area contributed by atoms with Gasteiger partial charge in [-0.25, -0.2) is 9.97 Å². The quantitative estimate of drug-likeness (QED) is 0.167. The first kappa shape index (κ1) is 33.0. The number of hydrogen-bond donors (Lipinski definition) is 2. The zero-order valence-corrected chi connectivity index (χ0v) is 27.8. The van der Waals surface area contributed by atoms with E-state index in [2.05, 4.69) is 65.2 Å². The molecule has 2 aromatic carbocycles. The predicted octanol–water partition coefficient (Wildman–Crippen LogP) is 7.18. The number of ketones is 1. The number of carboxylic acids is 1. The average molecular weight is 639 g/mol. The molecular weight excluding hydrogens is 596 g/mol. The lowest BCUT2D eigenvalue weighted by molar-refractivity contribution is -0.141. The molecule has 0 bridgehead atoms. The molecule has 0 saturated carbocycles. The molecule has 2 aromatic heterocycles. The Balaban J connectivity index is 1.29.